The zero-order valence-electron chi connectivity index (χ0n) is 12.2. The van der Waals surface area contributed by atoms with Gasteiger partial charge in [0.15, 0.2) is 6.61 Å². The number of benzene rings is 1. The number of nitrogens with zero attached hydrogens (tertiary/aromatic N) is 1. The van der Waals surface area contributed by atoms with Gasteiger partial charge in [-0.2, -0.15) is 0 Å². The summed E-state index contributed by atoms with van der Waals surface area (Å²) in [6, 6.07) is 7.46. The Kier molecular flexibility index (Phi) is 5.57. The molecule has 0 spiro atoms. The highest BCUT2D eigenvalue weighted by molar-refractivity contribution is 5.85. The fourth-order valence-corrected chi connectivity index (χ4v) is 2.03. The molecular weight excluding hydrogens is 270 g/mol. The van der Waals surface area contributed by atoms with E-state index in [1.807, 2.05) is 31.2 Å². The molecule has 1 aliphatic heterocycles. The number of nitrogens with one attached hydrogen (secondary N) is 2. The zero-order valence-corrected chi connectivity index (χ0v) is 12.2. The lowest BCUT2D eigenvalue weighted by Crippen LogP contribution is -2.49. The number of ether oxygens (including phenoxy) is 1. The largest absolute Gasteiger partial charge is 0.484 e. The molecule has 0 aromatic heterocycles. The Morgan fingerprint density at radius 2 is 1.90 bits per heavy atom. The lowest BCUT2D eigenvalue weighted by molar-refractivity contribution is -0.133. The number of aryl methyl sites for hydroxylation is 1. The number of piperazine rings is 1. The van der Waals surface area contributed by atoms with Gasteiger partial charge in [0.05, 0.1) is 6.54 Å². The maximum atomic E-state index is 11.9. The molecular formula is C15H21N3O3. The van der Waals surface area contributed by atoms with Gasteiger partial charge in [-0.25, -0.2) is 0 Å². The SMILES string of the molecule is Cc1ccc(OCC(=O)NCC(=O)N2CCNCC2)cc1. The highest BCUT2D eigenvalue weighted by atomic mass is 16.5. The molecule has 2 rings (SSSR count). The first kappa shape index (κ1) is 15.3. The molecule has 1 fully saturated rings. The second-order valence-electron chi connectivity index (χ2n) is 5.01. The third-order valence-electron chi connectivity index (χ3n) is 3.30. The Morgan fingerprint density at radius 3 is 2.57 bits per heavy atom. The highest BCUT2D eigenvalue weighted by Gasteiger charge is 2.16. The minimum absolute atomic E-state index is 0.0239. The van der Waals surface area contributed by atoms with Crippen LogP contribution in [0.15, 0.2) is 24.3 Å². The standard InChI is InChI=1S/C15H21N3O3/c1-12-2-4-13(5-3-12)21-11-14(19)17-10-15(20)18-8-6-16-7-9-18/h2-5,16H,6-11H2,1H3,(H,17,19). The molecule has 6 heteroatoms. The van der Waals surface area contributed by atoms with Crippen LogP contribution >= 0.6 is 0 Å². The van der Waals surface area contributed by atoms with Crippen molar-refractivity contribution >= 4 is 11.8 Å². The van der Waals surface area contributed by atoms with E-state index in [2.05, 4.69) is 10.6 Å². The third kappa shape index (κ3) is 5.07. The van der Waals surface area contributed by atoms with Gasteiger partial charge in [-0.3, -0.25) is 9.59 Å². The molecule has 0 aliphatic carbocycles. The van der Waals surface area contributed by atoms with Crippen molar-refractivity contribution in [3.05, 3.63) is 29.8 Å². The maximum Gasteiger partial charge on any atom is 0.258 e. The number of hydrogen-bond donors (Lipinski definition) is 2. The van der Waals surface area contributed by atoms with Crippen molar-refractivity contribution in [3.63, 3.8) is 0 Å². The van der Waals surface area contributed by atoms with Crippen molar-refractivity contribution in [1.82, 2.24) is 15.5 Å². The van der Waals surface area contributed by atoms with E-state index in [1.165, 1.54) is 0 Å². The van der Waals surface area contributed by atoms with Crippen molar-refractivity contribution in [3.8, 4) is 5.75 Å². The predicted octanol–water partition coefficient (Wildman–Crippen LogP) is -0.0782. The van der Waals surface area contributed by atoms with Crippen LogP contribution in [0.1, 0.15) is 5.56 Å². The first-order valence-corrected chi connectivity index (χ1v) is 7.10. The average Bonchev–Trinajstić information content (AvgIpc) is 2.53. The van der Waals surface area contributed by atoms with Crippen LogP contribution in [0.2, 0.25) is 0 Å². The Bertz CT molecular complexity index is 481. The number of rotatable bonds is 5. The van der Waals surface area contributed by atoms with Gasteiger partial charge in [0.2, 0.25) is 5.91 Å². The summed E-state index contributed by atoms with van der Waals surface area (Å²) in [5, 5.41) is 5.76. The summed E-state index contributed by atoms with van der Waals surface area (Å²) in [6.45, 7) is 4.90. The van der Waals surface area contributed by atoms with Crippen LogP contribution in [0.25, 0.3) is 0 Å². The fraction of sp³-hybridized carbons (Fsp3) is 0.467. The summed E-state index contributed by atoms with van der Waals surface area (Å²) in [5.74, 6) is 0.295. The lowest BCUT2D eigenvalue weighted by atomic mass is 10.2. The first-order chi connectivity index (χ1) is 10.1. The Morgan fingerprint density at radius 1 is 1.24 bits per heavy atom. The minimum Gasteiger partial charge on any atom is -0.484 e. The Hall–Kier alpha value is -2.08. The fourth-order valence-electron chi connectivity index (χ4n) is 2.03. The van der Waals surface area contributed by atoms with Crippen molar-refractivity contribution < 1.29 is 14.3 Å². The van der Waals surface area contributed by atoms with Gasteiger partial charge in [0.1, 0.15) is 5.75 Å². The lowest BCUT2D eigenvalue weighted by Gasteiger charge is -2.27. The molecule has 1 heterocycles. The summed E-state index contributed by atoms with van der Waals surface area (Å²) in [5.41, 5.74) is 1.13. The van der Waals surface area contributed by atoms with Crippen LogP contribution in [0.4, 0.5) is 0 Å². The number of carbonyl (C=O) groups excluding carboxylic acids is 2. The molecule has 0 unspecified atom stereocenters. The van der Waals surface area contributed by atoms with Crippen LogP contribution in [0.3, 0.4) is 0 Å². The van der Waals surface area contributed by atoms with Gasteiger partial charge in [0.25, 0.3) is 5.91 Å². The first-order valence-electron chi connectivity index (χ1n) is 7.10. The third-order valence-corrected chi connectivity index (χ3v) is 3.30. The quantitative estimate of drug-likeness (QED) is 0.796. The second-order valence-corrected chi connectivity index (χ2v) is 5.01. The highest BCUT2D eigenvalue weighted by Crippen LogP contribution is 2.10. The molecule has 1 aromatic rings. The maximum absolute atomic E-state index is 11.9. The smallest absolute Gasteiger partial charge is 0.258 e. The number of carbonyl (C=O) groups is 2. The van der Waals surface area contributed by atoms with E-state index in [9.17, 15) is 9.59 Å². The van der Waals surface area contributed by atoms with Crippen molar-refractivity contribution in [1.29, 1.82) is 0 Å². The molecule has 0 atom stereocenters. The molecule has 2 amide bonds. The molecule has 0 bridgehead atoms. The molecule has 0 saturated carbocycles. The van der Waals surface area contributed by atoms with Gasteiger partial charge < -0.3 is 20.3 Å². The van der Waals surface area contributed by atoms with Crippen LogP contribution < -0.4 is 15.4 Å². The summed E-state index contributed by atoms with van der Waals surface area (Å²) in [6.07, 6.45) is 0. The molecule has 0 radical (unpaired) electrons. The van der Waals surface area contributed by atoms with Crippen LogP contribution in [0.5, 0.6) is 5.75 Å². The number of amides is 2. The van der Waals surface area contributed by atoms with Crippen LogP contribution in [0, 0.1) is 6.92 Å². The average molecular weight is 291 g/mol. The second kappa shape index (κ2) is 7.64. The molecule has 1 aliphatic rings. The van der Waals surface area contributed by atoms with Crippen molar-refractivity contribution in [2.24, 2.45) is 0 Å². The Balaban J connectivity index is 1.67. The van der Waals surface area contributed by atoms with E-state index in [0.717, 1.165) is 18.7 Å². The molecule has 2 N–H and O–H groups in total. The van der Waals surface area contributed by atoms with E-state index in [0.29, 0.717) is 18.8 Å². The van der Waals surface area contributed by atoms with E-state index in [4.69, 9.17) is 4.74 Å². The topological polar surface area (TPSA) is 70.7 Å². The van der Waals surface area contributed by atoms with Gasteiger partial charge in [-0.1, -0.05) is 17.7 Å². The zero-order chi connectivity index (χ0) is 15.1. The van der Waals surface area contributed by atoms with E-state index >= 15 is 0 Å². The Labute approximate surface area is 124 Å². The van der Waals surface area contributed by atoms with Crippen LogP contribution in [-0.4, -0.2) is 56.0 Å². The van der Waals surface area contributed by atoms with Gasteiger partial charge >= 0.3 is 0 Å². The summed E-state index contributed by atoms with van der Waals surface area (Å²) >= 11 is 0. The molecule has 6 nitrogen and oxygen atoms in total. The van der Waals surface area contributed by atoms with Crippen molar-refractivity contribution in [2.45, 2.75) is 6.92 Å². The summed E-state index contributed by atoms with van der Waals surface area (Å²) in [4.78, 5) is 25.3. The van der Waals surface area contributed by atoms with E-state index < -0.39 is 0 Å². The molecule has 1 saturated heterocycles. The summed E-state index contributed by atoms with van der Waals surface area (Å²) < 4.78 is 5.35. The minimum atomic E-state index is -0.293. The number of hydrogen-bond acceptors (Lipinski definition) is 4. The van der Waals surface area contributed by atoms with E-state index in [-0.39, 0.29) is 25.0 Å². The van der Waals surface area contributed by atoms with Crippen LogP contribution in [-0.2, 0) is 9.59 Å². The van der Waals surface area contributed by atoms with Gasteiger partial charge in [0, 0.05) is 26.2 Å². The van der Waals surface area contributed by atoms with Gasteiger partial charge in [-0.15, -0.1) is 0 Å². The molecule has 1 aromatic carbocycles. The molecule has 21 heavy (non-hydrogen) atoms. The van der Waals surface area contributed by atoms with Gasteiger partial charge in [-0.05, 0) is 19.1 Å². The van der Waals surface area contributed by atoms with E-state index in [1.54, 1.807) is 4.90 Å². The normalized spacial score (nSPS) is 14.6. The van der Waals surface area contributed by atoms with Crippen molar-refractivity contribution in [2.75, 3.05) is 39.3 Å². The summed E-state index contributed by atoms with van der Waals surface area (Å²) in [7, 11) is 0. The predicted molar refractivity (Wildman–Crippen MR) is 79.1 cm³/mol. The molecule has 114 valence electrons. The monoisotopic (exact) mass is 291 g/mol.